The summed E-state index contributed by atoms with van der Waals surface area (Å²) in [6.45, 7) is 0. The van der Waals surface area contributed by atoms with Gasteiger partial charge in [-0.05, 0) is 23.6 Å². The summed E-state index contributed by atoms with van der Waals surface area (Å²) in [5.41, 5.74) is 0.302. The molecular formula is C12H8ClFO3S. The van der Waals surface area contributed by atoms with E-state index >= 15 is 0 Å². The molecule has 2 rings (SSSR count). The lowest BCUT2D eigenvalue weighted by Gasteiger charge is -2.12. The van der Waals surface area contributed by atoms with Crippen molar-refractivity contribution in [1.82, 2.24) is 0 Å². The molecule has 0 aliphatic rings. The first-order valence-corrected chi connectivity index (χ1v) is 6.20. The molecular weight excluding hydrogens is 279 g/mol. The Kier molecular flexibility index (Phi) is 3.65. The lowest BCUT2D eigenvalue weighted by atomic mass is 10.1. The molecule has 0 saturated heterocycles. The van der Waals surface area contributed by atoms with E-state index in [1.54, 1.807) is 5.38 Å². The highest BCUT2D eigenvalue weighted by atomic mass is 35.5. The van der Waals surface area contributed by atoms with Gasteiger partial charge in [-0.1, -0.05) is 17.7 Å². The average Bonchev–Trinajstić information content (AvgIpc) is 2.77. The van der Waals surface area contributed by atoms with E-state index in [1.807, 2.05) is 0 Å². The molecule has 6 heteroatoms. The molecule has 0 radical (unpaired) electrons. The van der Waals surface area contributed by atoms with Crippen LogP contribution in [0.25, 0.3) is 0 Å². The maximum absolute atomic E-state index is 12.9. The van der Waals surface area contributed by atoms with Gasteiger partial charge in [0.1, 0.15) is 11.9 Å². The number of thiophene rings is 1. The van der Waals surface area contributed by atoms with Crippen LogP contribution in [0.3, 0.4) is 0 Å². The first-order chi connectivity index (χ1) is 8.50. The van der Waals surface area contributed by atoms with Crippen LogP contribution in [0.1, 0.15) is 26.9 Å². The zero-order valence-corrected chi connectivity index (χ0v) is 10.5. The Balaban J connectivity index is 2.44. The van der Waals surface area contributed by atoms with Gasteiger partial charge in [0.25, 0.3) is 0 Å². The van der Waals surface area contributed by atoms with Crippen LogP contribution in [0.2, 0.25) is 5.02 Å². The quantitative estimate of drug-likeness (QED) is 0.910. The largest absolute Gasteiger partial charge is 0.478 e. The molecule has 1 aromatic heterocycles. The van der Waals surface area contributed by atoms with Crippen molar-refractivity contribution in [3.8, 4) is 0 Å². The predicted molar refractivity (Wildman–Crippen MR) is 66.8 cm³/mol. The number of aliphatic hydroxyl groups excluding tert-OH is 1. The number of carbonyl (C=O) groups is 1. The second kappa shape index (κ2) is 5.06. The number of halogens is 2. The van der Waals surface area contributed by atoms with Crippen molar-refractivity contribution < 1.29 is 19.4 Å². The normalized spacial score (nSPS) is 12.4. The minimum absolute atomic E-state index is 0.0212. The van der Waals surface area contributed by atoms with Gasteiger partial charge in [0, 0.05) is 10.6 Å². The highest BCUT2D eigenvalue weighted by molar-refractivity contribution is 7.10. The van der Waals surface area contributed by atoms with Gasteiger partial charge in [0.05, 0.1) is 10.4 Å². The zero-order valence-electron chi connectivity index (χ0n) is 8.93. The molecule has 1 heterocycles. The monoisotopic (exact) mass is 286 g/mol. The van der Waals surface area contributed by atoms with E-state index in [1.165, 1.54) is 18.2 Å². The van der Waals surface area contributed by atoms with Gasteiger partial charge in [-0.15, -0.1) is 11.3 Å². The van der Waals surface area contributed by atoms with Crippen LogP contribution in [0.4, 0.5) is 4.39 Å². The van der Waals surface area contributed by atoms with Crippen LogP contribution in [0.5, 0.6) is 0 Å². The van der Waals surface area contributed by atoms with E-state index in [0.717, 1.165) is 17.4 Å². The van der Waals surface area contributed by atoms with E-state index in [4.69, 9.17) is 16.7 Å². The lowest BCUT2D eigenvalue weighted by molar-refractivity contribution is 0.0692. The Morgan fingerprint density at radius 2 is 2.11 bits per heavy atom. The van der Waals surface area contributed by atoms with Crippen molar-refractivity contribution in [1.29, 1.82) is 0 Å². The summed E-state index contributed by atoms with van der Waals surface area (Å²) in [4.78, 5) is 11.2. The number of aromatic carboxylic acids is 1. The Hall–Kier alpha value is -1.43. The number of rotatable bonds is 3. The molecule has 94 valence electrons. The van der Waals surface area contributed by atoms with Gasteiger partial charge in [0.2, 0.25) is 0 Å². The molecule has 1 unspecified atom stereocenters. The van der Waals surface area contributed by atoms with Gasteiger partial charge < -0.3 is 10.2 Å². The second-order valence-corrected chi connectivity index (χ2v) is 4.93. The van der Waals surface area contributed by atoms with E-state index < -0.39 is 17.9 Å². The van der Waals surface area contributed by atoms with E-state index in [2.05, 4.69) is 0 Å². The van der Waals surface area contributed by atoms with Crippen LogP contribution < -0.4 is 0 Å². The summed E-state index contributed by atoms with van der Waals surface area (Å²) in [6, 6.07) is 4.99. The summed E-state index contributed by atoms with van der Waals surface area (Å²) in [5, 5.41) is 20.7. The van der Waals surface area contributed by atoms with Crippen molar-refractivity contribution in [2.45, 2.75) is 6.10 Å². The zero-order chi connectivity index (χ0) is 13.3. The van der Waals surface area contributed by atoms with Gasteiger partial charge in [-0.25, -0.2) is 9.18 Å². The standard InChI is InChI=1S/C12H8ClFO3S/c13-9-5-6(14)1-2-7(9)10(15)11-8(12(16)17)3-4-18-11/h1-5,10,15H,(H,16,17). The number of aliphatic hydroxyl groups is 1. The fourth-order valence-electron chi connectivity index (χ4n) is 1.57. The second-order valence-electron chi connectivity index (χ2n) is 3.57. The number of hydrogen-bond donors (Lipinski definition) is 2. The maximum Gasteiger partial charge on any atom is 0.336 e. The average molecular weight is 287 g/mol. The molecule has 1 atom stereocenters. The molecule has 2 aromatic rings. The number of benzene rings is 1. The van der Waals surface area contributed by atoms with Crippen LogP contribution in [0.15, 0.2) is 29.6 Å². The van der Waals surface area contributed by atoms with Crippen LogP contribution in [-0.2, 0) is 0 Å². The fourth-order valence-corrected chi connectivity index (χ4v) is 2.73. The third-order valence-corrected chi connectivity index (χ3v) is 3.73. The number of carboxylic acids is 1. The topological polar surface area (TPSA) is 57.5 Å². The summed E-state index contributed by atoms with van der Waals surface area (Å²) >= 11 is 6.94. The molecule has 0 bridgehead atoms. The summed E-state index contributed by atoms with van der Waals surface area (Å²) in [5.74, 6) is -1.64. The van der Waals surface area contributed by atoms with Gasteiger partial charge in [0.15, 0.2) is 0 Å². The molecule has 0 aliphatic carbocycles. The van der Waals surface area contributed by atoms with Crippen molar-refractivity contribution >= 4 is 28.9 Å². The van der Waals surface area contributed by atoms with Crippen molar-refractivity contribution in [2.24, 2.45) is 0 Å². The minimum Gasteiger partial charge on any atom is -0.478 e. The van der Waals surface area contributed by atoms with E-state index in [0.29, 0.717) is 0 Å². The summed E-state index contributed by atoms with van der Waals surface area (Å²) in [6.07, 6.45) is -1.18. The Labute approximate surface area is 111 Å². The van der Waals surface area contributed by atoms with Crippen LogP contribution in [-0.4, -0.2) is 16.2 Å². The van der Waals surface area contributed by atoms with Gasteiger partial charge >= 0.3 is 5.97 Å². The number of hydrogen-bond acceptors (Lipinski definition) is 3. The minimum atomic E-state index is -1.18. The SMILES string of the molecule is O=C(O)c1ccsc1C(O)c1ccc(F)cc1Cl. The van der Waals surface area contributed by atoms with Crippen molar-refractivity contribution in [2.75, 3.05) is 0 Å². The summed E-state index contributed by atoms with van der Waals surface area (Å²) in [7, 11) is 0. The van der Waals surface area contributed by atoms with Gasteiger partial charge in [-0.2, -0.15) is 0 Å². The third-order valence-electron chi connectivity index (χ3n) is 2.43. The smallest absolute Gasteiger partial charge is 0.336 e. The highest BCUT2D eigenvalue weighted by Crippen LogP contribution is 2.33. The summed E-state index contributed by atoms with van der Waals surface area (Å²) < 4.78 is 12.9. The number of carboxylic acid groups (broad SMARTS) is 1. The molecule has 2 N–H and O–H groups in total. The lowest BCUT2D eigenvalue weighted by Crippen LogP contribution is -2.05. The first kappa shape index (κ1) is 13.0. The molecule has 0 aliphatic heterocycles. The van der Waals surface area contributed by atoms with E-state index in [9.17, 15) is 14.3 Å². The highest BCUT2D eigenvalue weighted by Gasteiger charge is 2.22. The molecule has 1 aromatic carbocycles. The van der Waals surface area contributed by atoms with Crippen molar-refractivity contribution in [3.63, 3.8) is 0 Å². The van der Waals surface area contributed by atoms with Crippen molar-refractivity contribution in [3.05, 3.63) is 56.5 Å². The van der Waals surface area contributed by atoms with Crippen LogP contribution in [0, 0.1) is 5.82 Å². The Bertz CT molecular complexity index is 597. The third kappa shape index (κ3) is 2.38. The Morgan fingerprint density at radius 3 is 2.72 bits per heavy atom. The fraction of sp³-hybridized carbons (Fsp3) is 0.0833. The molecule has 0 amide bonds. The van der Waals surface area contributed by atoms with Gasteiger partial charge in [-0.3, -0.25) is 0 Å². The maximum atomic E-state index is 12.9. The molecule has 0 saturated carbocycles. The molecule has 0 fully saturated rings. The van der Waals surface area contributed by atoms with Crippen LogP contribution >= 0.6 is 22.9 Å². The Morgan fingerprint density at radius 1 is 1.39 bits per heavy atom. The molecule has 18 heavy (non-hydrogen) atoms. The first-order valence-electron chi connectivity index (χ1n) is 4.94. The predicted octanol–water partition coefficient (Wildman–Crippen LogP) is 3.32. The molecule has 0 spiro atoms. The molecule has 3 nitrogen and oxygen atoms in total. The van der Waals surface area contributed by atoms with E-state index in [-0.39, 0.29) is 21.0 Å².